The summed E-state index contributed by atoms with van der Waals surface area (Å²) in [6.07, 6.45) is 3.83. The van der Waals surface area contributed by atoms with Crippen LogP contribution in [0.3, 0.4) is 0 Å². The van der Waals surface area contributed by atoms with Crippen molar-refractivity contribution < 1.29 is 4.79 Å². The van der Waals surface area contributed by atoms with Crippen LogP contribution in [0.25, 0.3) is 0 Å². The molecule has 0 rings (SSSR count). The van der Waals surface area contributed by atoms with Gasteiger partial charge in [-0.3, -0.25) is 4.79 Å². The summed E-state index contributed by atoms with van der Waals surface area (Å²) in [5, 5.41) is 3.13. The van der Waals surface area contributed by atoms with Gasteiger partial charge in [0.1, 0.15) is 0 Å². The number of hydrogen-bond acceptors (Lipinski definition) is 2. The van der Waals surface area contributed by atoms with Gasteiger partial charge in [0.25, 0.3) is 0 Å². The molecular weight excluding hydrogens is 224 g/mol. The summed E-state index contributed by atoms with van der Waals surface area (Å²) in [7, 11) is 0. The molecule has 18 heavy (non-hydrogen) atoms. The summed E-state index contributed by atoms with van der Waals surface area (Å²) in [5.74, 6) is 1.66. The van der Waals surface area contributed by atoms with Crippen LogP contribution in [0.5, 0.6) is 0 Å². The maximum Gasteiger partial charge on any atom is 0.220 e. The fraction of sp³-hybridized carbons (Fsp3) is 0.933. The van der Waals surface area contributed by atoms with Gasteiger partial charge in [-0.15, -0.1) is 0 Å². The normalized spacial score (nSPS) is 14.9. The first kappa shape index (κ1) is 17.4. The molecule has 0 aromatic heterocycles. The number of hydrogen-bond donors (Lipinski definition) is 2. The first-order valence-corrected chi connectivity index (χ1v) is 7.43. The van der Waals surface area contributed by atoms with Crippen molar-refractivity contribution in [2.75, 3.05) is 6.54 Å². The molecule has 0 heterocycles. The standard InChI is InChI=1S/C15H32N2O/c1-6-14(7-2)12(5)17-15(18)9-13(10-16)8-11(3)4/h11-14H,6-10,16H2,1-5H3,(H,17,18). The second kappa shape index (κ2) is 9.37. The highest BCUT2D eigenvalue weighted by molar-refractivity contribution is 5.76. The van der Waals surface area contributed by atoms with Crippen molar-refractivity contribution in [1.29, 1.82) is 0 Å². The highest BCUT2D eigenvalue weighted by Gasteiger charge is 2.18. The molecule has 3 heteroatoms. The largest absolute Gasteiger partial charge is 0.353 e. The zero-order valence-corrected chi connectivity index (χ0v) is 12.8. The average Bonchev–Trinajstić information content (AvgIpc) is 2.28. The Morgan fingerprint density at radius 1 is 1.17 bits per heavy atom. The van der Waals surface area contributed by atoms with Crippen LogP contribution in [0.15, 0.2) is 0 Å². The average molecular weight is 256 g/mol. The van der Waals surface area contributed by atoms with Gasteiger partial charge in [0.2, 0.25) is 5.91 Å². The number of amides is 1. The number of rotatable bonds is 9. The summed E-state index contributed by atoms with van der Waals surface area (Å²) in [4.78, 5) is 12.0. The number of nitrogens with one attached hydrogen (secondary N) is 1. The van der Waals surface area contributed by atoms with Crippen LogP contribution >= 0.6 is 0 Å². The Hall–Kier alpha value is -0.570. The molecule has 0 aromatic carbocycles. The third-order valence-corrected chi connectivity index (χ3v) is 3.76. The molecule has 108 valence electrons. The lowest BCUT2D eigenvalue weighted by atomic mass is 9.92. The van der Waals surface area contributed by atoms with E-state index < -0.39 is 0 Å². The molecule has 1 amide bonds. The van der Waals surface area contributed by atoms with Crippen molar-refractivity contribution in [1.82, 2.24) is 5.32 Å². The minimum atomic E-state index is 0.158. The molecule has 0 saturated carbocycles. The van der Waals surface area contributed by atoms with Crippen molar-refractivity contribution in [3.63, 3.8) is 0 Å². The van der Waals surface area contributed by atoms with E-state index in [4.69, 9.17) is 5.73 Å². The minimum absolute atomic E-state index is 0.158. The summed E-state index contributed by atoms with van der Waals surface area (Å²) in [6.45, 7) is 11.4. The summed E-state index contributed by atoms with van der Waals surface area (Å²) < 4.78 is 0. The van der Waals surface area contributed by atoms with Crippen LogP contribution < -0.4 is 11.1 Å². The number of carbonyl (C=O) groups excluding carboxylic acids is 1. The lowest BCUT2D eigenvalue weighted by molar-refractivity contribution is -0.123. The molecule has 0 saturated heterocycles. The van der Waals surface area contributed by atoms with Crippen LogP contribution in [0.2, 0.25) is 0 Å². The Morgan fingerprint density at radius 2 is 1.72 bits per heavy atom. The molecule has 2 atom stereocenters. The van der Waals surface area contributed by atoms with Gasteiger partial charge in [-0.1, -0.05) is 40.5 Å². The van der Waals surface area contributed by atoms with Gasteiger partial charge in [0.05, 0.1) is 0 Å². The SMILES string of the molecule is CCC(CC)C(C)NC(=O)CC(CN)CC(C)C. The Kier molecular flexibility index (Phi) is 9.08. The second-order valence-electron chi connectivity index (χ2n) is 5.87. The van der Waals surface area contributed by atoms with Crippen molar-refractivity contribution >= 4 is 5.91 Å². The van der Waals surface area contributed by atoms with E-state index in [1.807, 2.05) is 0 Å². The molecule has 0 aliphatic heterocycles. The highest BCUT2D eigenvalue weighted by Crippen LogP contribution is 2.16. The van der Waals surface area contributed by atoms with E-state index in [9.17, 15) is 4.79 Å². The van der Waals surface area contributed by atoms with Gasteiger partial charge < -0.3 is 11.1 Å². The number of carbonyl (C=O) groups is 1. The van der Waals surface area contributed by atoms with Crippen LogP contribution in [0.4, 0.5) is 0 Å². The highest BCUT2D eigenvalue weighted by atomic mass is 16.1. The lowest BCUT2D eigenvalue weighted by Gasteiger charge is -2.24. The van der Waals surface area contributed by atoms with Gasteiger partial charge >= 0.3 is 0 Å². The van der Waals surface area contributed by atoms with E-state index >= 15 is 0 Å². The van der Waals surface area contributed by atoms with E-state index in [-0.39, 0.29) is 11.9 Å². The molecule has 0 aromatic rings. The fourth-order valence-corrected chi connectivity index (χ4v) is 2.62. The monoisotopic (exact) mass is 256 g/mol. The van der Waals surface area contributed by atoms with Gasteiger partial charge in [-0.2, -0.15) is 0 Å². The Morgan fingerprint density at radius 3 is 2.11 bits per heavy atom. The maximum absolute atomic E-state index is 12.0. The quantitative estimate of drug-likeness (QED) is 0.666. The first-order chi connectivity index (χ1) is 8.44. The van der Waals surface area contributed by atoms with E-state index in [2.05, 4.69) is 39.9 Å². The van der Waals surface area contributed by atoms with E-state index in [1.165, 1.54) is 0 Å². The molecule has 3 N–H and O–H groups in total. The molecule has 0 spiro atoms. The predicted octanol–water partition coefficient (Wildman–Crippen LogP) is 2.94. The Balaban J connectivity index is 4.15. The van der Waals surface area contributed by atoms with E-state index in [0.717, 1.165) is 19.3 Å². The van der Waals surface area contributed by atoms with Crippen molar-refractivity contribution in [3.8, 4) is 0 Å². The molecular formula is C15H32N2O. The molecule has 0 aliphatic rings. The predicted molar refractivity (Wildman–Crippen MR) is 78.3 cm³/mol. The zero-order chi connectivity index (χ0) is 14.1. The topological polar surface area (TPSA) is 55.1 Å². The van der Waals surface area contributed by atoms with Crippen LogP contribution in [0.1, 0.15) is 60.3 Å². The van der Waals surface area contributed by atoms with Gasteiger partial charge in [-0.05, 0) is 37.6 Å². The van der Waals surface area contributed by atoms with Gasteiger partial charge in [0, 0.05) is 12.5 Å². The van der Waals surface area contributed by atoms with Crippen molar-refractivity contribution in [2.45, 2.75) is 66.3 Å². The molecule has 0 fully saturated rings. The maximum atomic E-state index is 12.0. The zero-order valence-electron chi connectivity index (χ0n) is 12.8. The Labute approximate surface area is 113 Å². The lowest BCUT2D eigenvalue weighted by Crippen LogP contribution is -2.39. The van der Waals surface area contributed by atoms with Crippen molar-refractivity contribution in [3.05, 3.63) is 0 Å². The summed E-state index contributed by atoms with van der Waals surface area (Å²) in [6, 6.07) is 0.268. The molecule has 3 nitrogen and oxygen atoms in total. The van der Waals surface area contributed by atoms with Crippen LogP contribution in [-0.2, 0) is 4.79 Å². The number of nitrogens with two attached hydrogens (primary N) is 1. The van der Waals surface area contributed by atoms with E-state index in [0.29, 0.717) is 30.7 Å². The molecule has 0 bridgehead atoms. The van der Waals surface area contributed by atoms with E-state index in [1.54, 1.807) is 0 Å². The fourth-order valence-electron chi connectivity index (χ4n) is 2.62. The van der Waals surface area contributed by atoms with Gasteiger partial charge in [0.15, 0.2) is 0 Å². The first-order valence-electron chi connectivity index (χ1n) is 7.43. The minimum Gasteiger partial charge on any atom is -0.353 e. The van der Waals surface area contributed by atoms with Gasteiger partial charge in [-0.25, -0.2) is 0 Å². The Bertz CT molecular complexity index is 219. The molecule has 0 aliphatic carbocycles. The summed E-state index contributed by atoms with van der Waals surface area (Å²) >= 11 is 0. The molecule has 2 unspecified atom stereocenters. The van der Waals surface area contributed by atoms with Crippen molar-refractivity contribution in [2.24, 2.45) is 23.5 Å². The third kappa shape index (κ3) is 7.00. The smallest absolute Gasteiger partial charge is 0.220 e. The molecule has 0 radical (unpaired) electrons. The van der Waals surface area contributed by atoms with Crippen LogP contribution in [0, 0.1) is 17.8 Å². The third-order valence-electron chi connectivity index (χ3n) is 3.76. The summed E-state index contributed by atoms with van der Waals surface area (Å²) in [5.41, 5.74) is 5.73. The van der Waals surface area contributed by atoms with Crippen LogP contribution in [-0.4, -0.2) is 18.5 Å². The second-order valence-corrected chi connectivity index (χ2v) is 5.87.